The number of oxime groups is 1. The Morgan fingerprint density at radius 2 is 1.90 bits per heavy atom. The zero-order chi connectivity index (χ0) is 16.4. The molecule has 0 aliphatic heterocycles. The van der Waals surface area contributed by atoms with Crippen LogP contribution in [0.3, 0.4) is 0 Å². The smallest absolute Gasteiger partial charge is 0.449 e. The second-order valence-electron chi connectivity index (χ2n) is 3.71. The number of rotatable bonds is 6. The van der Waals surface area contributed by atoms with E-state index >= 15 is 0 Å². The topological polar surface area (TPSA) is 88.5 Å². The average Bonchev–Trinajstić information content (AvgIpc) is 2.49. The van der Waals surface area contributed by atoms with E-state index in [0.29, 0.717) is 11.5 Å². The Labute approximate surface area is 131 Å². The molecule has 0 saturated carbocycles. The molecule has 122 valence electrons. The standard InChI is InChI=1S/C11H21N3O5S2/c1-6-8-18-11(16)14(7-2)21(17)13(4)10(15)19-12-9(3)20-5/h6-8H2,1-5H3. The van der Waals surface area contributed by atoms with Gasteiger partial charge in [-0.25, -0.2) is 22.4 Å². The third-order valence-corrected chi connectivity index (χ3v) is 4.22. The molecule has 0 aliphatic carbocycles. The van der Waals surface area contributed by atoms with Crippen LogP contribution < -0.4 is 0 Å². The number of ether oxygens (including phenoxy) is 1. The van der Waals surface area contributed by atoms with E-state index in [2.05, 4.69) is 9.99 Å². The van der Waals surface area contributed by atoms with Crippen molar-refractivity contribution in [2.24, 2.45) is 5.16 Å². The molecule has 0 aromatic rings. The van der Waals surface area contributed by atoms with Crippen LogP contribution in [0, 0.1) is 0 Å². The summed E-state index contributed by atoms with van der Waals surface area (Å²) in [5, 5.41) is 4.08. The monoisotopic (exact) mass is 339 g/mol. The van der Waals surface area contributed by atoms with Crippen molar-refractivity contribution in [1.82, 2.24) is 8.61 Å². The Kier molecular flexibility index (Phi) is 9.80. The van der Waals surface area contributed by atoms with Crippen LogP contribution in [0.1, 0.15) is 27.2 Å². The van der Waals surface area contributed by atoms with Gasteiger partial charge in [0.2, 0.25) is 11.2 Å². The lowest BCUT2D eigenvalue weighted by Gasteiger charge is -2.23. The number of hydrogen-bond donors (Lipinski definition) is 0. The van der Waals surface area contributed by atoms with E-state index in [-0.39, 0.29) is 13.2 Å². The molecule has 0 aromatic carbocycles. The van der Waals surface area contributed by atoms with E-state index in [1.54, 1.807) is 20.1 Å². The van der Waals surface area contributed by atoms with Crippen molar-refractivity contribution in [2.45, 2.75) is 27.2 Å². The van der Waals surface area contributed by atoms with Gasteiger partial charge >= 0.3 is 12.2 Å². The summed E-state index contributed by atoms with van der Waals surface area (Å²) < 4.78 is 18.7. The molecule has 0 spiro atoms. The van der Waals surface area contributed by atoms with Crippen LogP contribution in [0.25, 0.3) is 0 Å². The fraction of sp³-hybridized carbons (Fsp3) is 0.727. The van der Waals surface area contributed by atoms with Gasteiger partial charge in [-0.15, -0.1) is 11.8 Å². The van der Waals surface area contributed by atoms with E-state index in [1.807, 2.05) is 6.92 Å². The van der Waals surface area contributed by atoms with Crippen LogP contribution in [0.5, 0.6) is 0 Å². The SMILES string of the molecule is CCCOC(=O)N(CC)S(=O)N(C)C(=O)ON=C(C)SC. The Balaban J connectivity index is 4.71. The Morgan fingerprint density at radius 1 is 1.29 bits per heavy atom. The fourth-order valence-corrected chi connectivity index (χ4v) is 1.94. The molecule has 2 amide bonds. The van der Waals surface area contributed by atoms with E-state index in [4.69, 9.17) is 4.74 Å². The number of nitrogens with zero attached hydrogens (tertiary/aromatic N) is 3. The first-order valence-corrected chi connectivity index (χ1v) is 8.57. The van der Waals surface area contributed by atoms with Crippen molar-refractivity contribution in [3.63, 3.8) is 0 Å². The molecule has 0 fully saturated rings. The summed E-state index contributed by atoms with van der Waals surface area (Å²) >= 11 is -0.736. The van der Waals surface area contributed by atoms with Gasteiger partial charge in [0, 0.05) is 13.6 Å². The van der Waals surface area contributed by atoms with Crippen molar-refractivity contribution in [1.29, 1.82) is 0 Å². The van der Waals surface area contributed by atoms with Gasteiger partial charge in [0.1, 0.15) is 5.04 Å². The second-order valence-corrected chi connectivity index (χ2v) is 6.16. The Morgan fingerprint density at radius 3 is 2.38 bits per heavy atom. The Hall–Kier alpha value is -1.29. The third-order valence-electron chi connectivity index (χ3n) is 2.15. The highest BCUT2D eigenvalue weighted by Gasteiger charge is 2.27. The van der Waals surface area contributed by atoms with Crippen LogP contribution in [-0.2, 0) is 20.7 Å². The normalized spacial score (nSPS) is 12.5. The predicted molar refractivity (Wildman–Crippen MR) is 83.0 cm³/mol. The summed E-state index contributed by atoms with van der Waals surface area (Å²) in [6, 6.07) is 0. The third kappa shape index (κ3) is 6.80. The first-order valence-electron chi connectivity index (χ1n) is 6.28. The fourth-order valence-electron chi connectivity index (χ4n) is 0.974. The first kappa shape index (κ1) is 19.7. The molecule has 10 heteroatoms. The largest absolute Gasteiger partial charge is 0.449 e. The van der Waals surface area contributed by atoms with Gasteiger partial charge < -0.3 is 4.74 Å². The summed E-state index contributed by atoms with van der Waals surface area (Å²) in [5.74, 6) is 0. The van der Waals surface area contributed by atoms with Crippen molar-refractivity contribution in [3.05, 3.63) is 0 Å². The van der Waals surface area contributed by atoms with E-state index in [1.165, 1.54) is 18.8 Å². The van der Waals surface area contributed by atoms with E-state index < -0.39 is 23.4 Å². The lowest BCUT2D eigenvalue weighted by molar-refractivity contribution is 0.123. The number of amides is 2. The molecule has 0 saturated heterocycles. The number of thioether (sulfide) groups is 1. The van der Waals surface area contributed by atoms with Crippen molar-refractivity contribution in [2.75, 3.05) is 26.5 Å². The van der Waals surface area contributed by atoms with Gasteiger partial charge in [-0.05, 0) is 26.5 Å². The van der Waals surface area contributed by atoms with Crippen LogP contribution in [0.15, 0.2) is 5.16 Å². The van der Waals surface area contributed by atoms with Crippen molar-refractivity contribution < 1.29 is 23.4 Å². The number of hydrogen-bond acceptors (Lipinski definition) is 7. The van der Waals surface area contributed by atoms with E-state index in [0.717, 1.165) is 8.61 Å². The molecule has 0 heterocycles. The molecule has 8 nitrogen and oxygen atoms in total. The van der Waals surface area contributed by atoms with Crippen LogP contribution >= 0.6 is 11.8 Å². The van der Waals surface area contributed by atoms with E-state index in [9.17, 15) is 13.8 Å². The second kappa shape index (κ2) is 10.4. The molecule has 0 N–H and O–H groups in total. The molecular formula is C11H21N3O5S2. The highest BCUT2D eigenvalue weighted by atomic mass is 32.2. The maximum Gasteiger partial charge on any atom is 0.449 e. The molecule has 0 radical (unpaired) electrons. The maximum absolute atomic E-state index is 12.1. The lowest BCUT2D eigenvalue weighted by atomic mass is 10.5. The highest BCUT2D eigenvalue weighted by molar-refractivity contribution is 8.13. The minimum atomic E-state index is -2.04. The molecule has 0 bridgehead atoms. The summed E-state index contributed by atoms with van der Waals surface area (Å²) in [6.07, 6.45) is 0.748. The van der Waals surface area contributed by atoms with Gasteiger partial charge in [-0.2, -0.15) is 0 Å². The maximum atomic E-state index is 12.1. The van der Waals surface area contributed by atoms with Gasteiger partial charge in [0.15, 0.2) is 0 Å². The molecule has 0 aromatic heterocycles. The van der Waals surface area contributed by atoms with Crippen LogP contribution in [0.4, 0.5) is 9.59 Å². The van der Waals surface area contributed by atoms with Crippen LogP contribution in [0.2, 0.25) is 0 Å². The van der Waals surface area contributed by atoms with Gasteiger partial charge in [0.05, 0.1) is 6.61 Å². The summed E-state index contributed by atoms with van der Waals surface area (Å²) in [5.41, 5.74) is 0. The first-order chi connectivity index (χ1) is 9.88. The average molecular weight is 339 g/mol. The summed E-state index contributed by atoms with van der Waals surface area (Å²) in [4.78, 5) is 28.0. The zero-order valence-corrected chi connectivity index (χ0v) is 14.5. The van der Waals surface area contributed by atoms with Gasteiger partial charge in [-0.1, -0.05) is 12.1 Å². The predicted octanol–water partition coefficient (Wildman–Crippen LogP) is 2.20. The molecule has 21 heavy (non-hydrogen) atoms. The number of carbonyl (C=O) groups excluding carboxylic acids is 2. The molecule has 0 aliphatic rings. The quantitative estimate of drug-likeness (QED) is 0.319. The van der Waals surface area contributed by atoms with Crippen LogP contribution in [-0.4, -0.2) is 56.5 Å². The zero-order valence-electron chi connectivity index (χ0n) is 12.8. The number of carbonyl (C=O) groups is 2. The molecule has 1 unspecified atom stereocenters. The van der Waals surface area contributed by atoms with Gasteiger partial charge in [-0.3, -0.25) is 4.84 Å². The lowest BCUT2D eigenvalue weighted by Crippen LogP contribution is -2.43. The summed E-state index contributed by atoms with van der Waals surface area (Å²) in [7, 11) is 1.25. The van der Waals surface area contributed by atoms with Gasteiger partial charge in [0.25, 0.3) is 0 Å². The minimum absolute atomic E-state index is 0.125. The highest BCUT2D eigenvalue weighted by Crippen LogP contribution is 2.07. The molecule has 0 rings (SSSR count). The molecule has 1 atom stereocenters. The van der Waals surface area contributed by atoms with Crippen molar-refractivity contribution in [3.8, 4) is 0 Å². The minimum Gasteiger partial charge on any atom is -0.449 e. The summed E-state index contributed by atoms with van der Waals surface area (Å²) in [6.45, 7) is 5.48. The molecular weight excluding hydrogens is 318 g/mol. The Bertz CT molecular complexity index is 417. The van der Waals surface area contributed by atoms with Crippen molar-refractivity contribution >= 4 is 40.2 Å².